The average Bonchev–Trinajstić information content (AvgIpc) is 2.80. The summed E-state index contributed by atoms with van der Waals surface area (Å²) >= 11 is 0. The van der Waals surface area contributed by atoms with Gasteiger partial charge in [-0.3, -0.25) is 0 Å². The van der Waals surface area contributed by atoms with Crippen molar-refractivity contribution < 1.29 is 0 Å². The number of hydrogen-bond acceptors (Lipinski definition) is 1. The van der Waals surface area contributed by atoms with Crippen molar-refractivity contribution in [2.24, 2.45) is 5.92 Å². The fourth-order valence-corrected chi connectivity index (χ4v) is 1.98. The van der Waals surface area contributed by atoms with Crippen LogP contribution in [0.4, 0.5) is 0 Å². The lowest BCUT2D eigenvalue weighted by molar-refractivity contribution is 0.588. The highest BCUT2D eigenvalue weighted by molar-refractivity contribution is 5.37. The van der Waals surface area contributed by atoms with Crippen molar-refractivity contribution in [1.82, 2.24) is 5.32 Å². The van der Waals surface area contributed by atoms with Gasteiger partial charge in [-0.25, -0.2) is 0 Å². The first-order valence-electron chi connectivity index (χ1n) is 5.21. The first-order chi connectivity index (χ1) is 6.44. The Hall–Kier alpha value is -0.980. The molecular formula is C13H21N. The van der Waals surface area contributed by atoms with Crippen LogP contribution in [0.15, 0.2) is 36.6 Å². The first-order valence-corrected chi connectivity index (χ1v) is 5.21. The van der Waals surface area contributed by atoms with E-state index < -0.39 is 0 Å². The lowest BCUT2D eigenvalue weighted by Gasteiger charge is -2.22. The van der Waals surface area contributed by atoms with E-state index in [2.05, 4.69) is 45.8 Å². The van der Waals surface area contributed by atoms with Crippen LogP contribution in [-0.2, 0) is 0 Å². The molecule has 0 spiro atoms. The third-order valence-electron chi connectivity index (χ3n) is 3.14. The molecule has 1 aliphatic carbocycles. The summed E-state index contributed by atoms with van der Waals surface area (Å²) in [6.07, 6.45) is 2.09. The highest BCUT2D eigenvalue weighted by atomic mass is 15.1. The minimum atomic E-state index is 0.0684. The molecule has 1 nitrogen and oxygen atoms in total. The fraction of sp³-hybridized carbons (Fsp3) is 0.538. The van der Waals surface area contributed by atoms with Gasteiger partial charge in [-0.1, -0.05) is 37.8 Å². The molecule has 0 aliphatic heterocycles. The van der Waals surface area contributed by atoms with E-state index in [1.165, 1.54) is 11.1 Å². The van der Waals surface area contributed by atoms with Crippen LogP contribution in [0.25, 0.3) is 0 Å². The van der Waals surface area contributed by atoms with Gasteiger partial charge in [-0.2, -0.15) is 0 Å². The number of hydrogen-bond donors (Lipinski definition) is 1. The van der Waals surface area contributed by atoms with Crippen LogP contribution in [0, 0.1) is 5.92 Å². The van der Waals surface area contributed by atoms with Crippen LogP contribution < -0.4 is 5.32 Å². The summed E-state index contributed by atoms with van der Waals surface area (Å²) in [6.45, 7) is 18.4. The molecule has 0 unspecified atom stereocenters. The molecule has 0 aromatic carbocycles. The maximum atomic E-state index is 4.06. The maximum absolute atomic E-state index is 4.06. The Bertz CT molecular complexity index is 288. The molecule has 1 heteroatoms. The van der Waals surface area contributed by atoms with Crippen molar-refractivity contribution in [3.63, 3.8) is 0 Å². The lowest BCUT2D eigenvalue weighted by Crippen LogP contribution is -2.33. The van der Waals surface area contributed by atoms with Gasteiger partial charge in [0.2, 0.25) is 0 Å². The van der Waals surface area contributed by atoms with Crippen molar-refractivity contribution in [3.8, 4) is 0 Å². The summed E-state index contributed by atoms with van der Waals surface area (Å²) in [7, 11) is 0. The van der Waals surface area contributed by atoms with Crippen LogP contribution in [0.5, 0.6) is 0 Å². The normalized spacial score (nSPS) is 29.5. The Labute approximate surface area is 87.6 Å². The van der Waals surface area contributed by atoms with Gasteiger partial charge in [0.15, 0.2) is 0 Å². The topological polar surface area (TPSA) is 12.0 Å². The van der Waals surface area contributed by atoms with Crippen LogP contribution in [0.3, 0.4) is 0 Å². The summed E-state index contributed by atoms with van der Waals surface area (Å²) < 4.78 is 0. The predicted octanol–water partition coefficient (Wildman–Crippen LogP) is 3.41. The average molecular weight is 191 g/mol. The molecule has 1 rings (SSSR count). The third kappa shape index (κ3) is 1.77. The van der Waals surface area contributed by atoms with E-state index in [9.17, 15) is 0 Å². The minimum Gasteiger partial charge on any atom is -0.379 e. The molecule has 1 aliphatic rings. The summed E-state index contributed by atoms with van der Waals surface area (Å²) in [5.41, 5.74) is 3.60. The van der Waals surface area contributed by atoms with Crippen LogP contribution in [0.2, 0.25) is 0 Å². The number of nitrogens with one attached hydrogen (secondary N) is 1. The van der Waals surface area contributed by atoms with Crippen LogP contribution in [-0.4, -0.2) is 5.54 Å². The largest absolute Gasteiger partial charge is 0.379 e. The van der Waals surface area contributed by atoms with Crippen molar-refractivity contribution in [2.75, 3.05) is 0 Å². The highest BCUT2D eigenvalue weighted by Gasteiger charge is 2.55. The molecule has 78 valence electrons. The Morgan fingerprint density at radius 2 is 1.93 bits per heavy atom. The summed E-state index contributed by atoms with van der Waals surface area (Å²) in [5, 5.41) is 3.49. The lowest BCUT2D eigenvalue weighted by atomic mass is 10.0. The van der Waals surface area contributed by atoms with E-state index in [0.29, 0.717) is 5.92 Å². The molecule has 0 bridgehead atoms. The zero-order valence-electron chi connectivity index (χ0n) is 9.61. The minimum absolute atomic E-state index is 0.0684. The Balaban J connectivity index is 2.74. The molecule has 0 aromatic heterocycles. The first kappa shape index (κ1) is 11.1. The van der Waals surface area contributed by atoms with Gasteiger partial charge in [0.1, 0.15) is 0 Å². The van der Waals surface area contributed by atoms with E-state index >= 15 is 0 Å². The zero-order chi connectivity index (χ0) is 10.9. The van der Waals surface area contributed by atoms with E-state index in [-0.39, 0.29) is 5.54 Å². The maximum Gasteiger partial charge on any atom is 0.0649 e. The van der Waals surface area contributed by atoms with Gasteiger partial charge < -0.3 is 5.32 Å². The molecule has 1 fully saturated rings. The smallest absolute Gasteiger partial charge is 0.0649 e. The number of rotatable bonds is 5. The predicted molar refractivity (Wildman–Crippen MR) is 63.0 cm³/mol. The van der Waals surface area contributed by atoms with Crippen molar-refractivity contribution in [1.29, 1.82) is 0 Å². The van der Waals surface area contributed by atoms with Crippen LogP contribution in [0.1, 0.15) is 33.6 Å². The van der Waals surface area contributed by atoms with Gasteiger partial charge in [0.25, 0.3) is 0 Å². The second kappa shape index (κ2) is 3.64. The molecule has 0 amide bonds. The second-order valence-corrected chi connectivity index (χ2v) is 4.44. The Morgan fingerprint density at radius 3 is 2.21 bits per heavy atom. The van der Waals surface area contributed by atoms with Gasteiger partial charge in [-0.05, 0) is 26.7 Å². The van der Waals surface area contributed by atoms with E-state index in [1.807, 2.05) is 0 Å². The van der Waals surface area contributed by atoms with Gasteiger partial charge >= 0.3 is 0 Å². The van der Waals surface area contributed by atoms with Gasteiger partial charge in [-0.15, -0.1) is 0 Å². The standard InChI is InChI=1S/C13H21N/c1-7-11(6)14-13(10(4)5)8-12(13)9(2)3/h12,14H,2,4,6-8H2,1,3,5H3/t12-,13-/m0/s1. The van der Waals surface area contributed by atoms with E-state index in [4.69, 9.17) is 0 Å². The molecule has 0 saturated heterocycles. The van der Waals surface area contributed by atoms with Gasteiger partial charge in [0.05, 0.1) is 5.54 Å². The van der Waals surface area contributed by atoms with Crippen molar-refractivity contribution >= 4 is 0 Å². The highest BCUT2D eigenvalue weighted by Crippen LogP contribution is 2.52. The van der Waals surface area contributed by atoms with E-state index in [0.717, 1.165) is 18.5 Å². The van der Waals surface area contributed by atoms with Crippen molar-refractivity contribution in [3.05, 3.63) is 36.6 Å². The fourth-order valence-electron chi connectivity index (χ4n) is 1.98. The van der Waals surface area contributed by atoms with Crippen molar-refractivity contribution in [2.45, 2.75) is 39.2 Å². The molecule has 1 saturated carbocycles. The second-order valence-electron chi connectivity index (χ2n) is 4.44. The SMILES string of the molecule is C=C(CC)N[C@]1(C(=C)C)C[C@H]1C(=C)C. The van der Waals surface area contributed by atoms with Gasteiger partial charge in [0, 0.05) is 11.6 Å². The van der Waals surface area contributed by atoms with Crippen LogP contribution >= 0.6 is 0 Å². The summed E-state index contributed by atoms with van der Waals surface area (Å²) in [5.74, 6) is 0.545. The quantitative estimate of drug-likeness (QED) is 0.657. The number of allylic oxidation sites excluding steroid dienone is 1. The monoisotopic (exact) mass is 191 g/mol. The molecule has 2 atom stereocenters. The zero-order valence-corrected chi connectivity index (χ0v) is 9.61. The summed E-state index contributed by atoms with van der Waals surface area (Å²) in [6, 6.07) is 0. The van der Waals surface area contributed by atoms with E-state index in [1.54, 1.807) is 0 Å². The molecular weight excluding hydrogens is 170 g/mol. The Morgan fingerprint density at radius 1 is 1.36 bits per heavy atom. The molecule has 1 N–H and O–H groups in total. The molecule has 14 heavy (non-hydrogen) atoms. The molecule has 0 radical (unpaired) electrons. The summed E-state index contributed by atoms with van der Waals surface area (Å²) in [4.78, 5) is 0. The molecule has 0 aromatic rings. The third-order valence-corrected chi connectivity index (χ3v) is 3.14. The molecule has 0 heterocycles. The Kier molecular flexibility index (Phi) is 2.89.